The molecule has 2 N–H and O–H groups in total. The van der Waals surface area contributed by atoms with Gasteiger partial charge in [0.15, 0.2) is 5.11 Å². The normalized spacial score (nSPS) is 10.2. The van der Waals surface area contributed by atoms with E-state index < -0.39 is 0 Å². The number of thiocarbonyl (C=S) groups is 1. The third-order valence-corrected chi connectivity index (χ3v) is 3.29. The number of rotatable bonds is 3. The van der Waals surface area contributed by atoms with Crippen molar-refractivity contribution in [3.8, 4) is 0 Å². The van der Waals surface area contributed by atoms with Gasteiger partial charge < -0.3 is 10.6 Å². The number of anilines is 2. The lowest BCUT2D eigenvalue weighted by Crippen LogP contribution is -2.20. The quantitative estimate of drug-likeness (QED) is 0.813. The van der Waals surface area contributed by atoms with Crippen molar-refractivity contribution in [1.29, 1.82) is 0 Å². The van der Waals surface area contributed by atoms with Crippen LogP contribution in [0.25, 0.3) is 0 Å². The van der Waals surface area contributed by atoms with Crippen LogP contribution in [-0.2, 0) is 6.42 Å². The van der Waals surface area contributed by atoms with Gasteiger partial charge in [0, 0.05) is 11.4 Å². The fraction of sp³-hybridized carbons (Fsp3) is 0.188. The molecule has 0 fully saturated rings. The van der Waals surface area contributed by atoms with E-state index in [1.807, 2.05) is 25.1 Å². The van der Waals surface area contributed by atoms with E-state index in [0.29, 0.717) is 5.11 Å². The Morgan fingerprint density at radius 1 is 1.10 bits per heavy atom. The number of halogens is 1. The highest BCUT2D eigenvalue weighted by Crippen LogP contribution is 2.18. The van der Waals surface area contributed by atoms with E-state index in [2.05, 4.69) is 23.6 Å². The largest absolute Gasteiger partial charge is 0.332 e. The zero-order valence-electron chi connectivity index (χ0n) is 11.5. The molecule has 0 spiro atoms. The van der Waals surface area contributed by atoms with Crippen LogP contribution < -0.4 is 10.6 Å². The Morgan fingerprint density at radius 2 is 1.80 bits per heavy atom. The van der Waals surface area contributed by atoms with Gasteiger partial charge in [0.05, 0.1) is 0 Å². The summed E-state index contributed by atoms with van der Waals surface area (Å²) >= 11 is 5.30. The predicted octanol–water partition coefficient (Wildman–Crippen LogP) is 4.51. The van der Waals surface area contributed by atoms with Crippen molar-refractivity contribution in [2.75, 3.05) is 10.6 Å². The van der Waals surface area contributed by atoms with Gasteiger partial charge in [-0.1, -0.05) is 25.1 Å². The Kier molecular flexibility index (Phi) is 4.69. The molecule has 0 amide bonds. The molecule has 104 valence electrons. The molecule has 0 saturated carbocycles. The minimum atomic E-state index is -0.247. The number of para-hydroxylation sites is 1. The lowest BCUT2D eigenvalue weighted by Gasteiger charge is -2.14. The highest BCUT2D eigenvalue weighted by molar-refractivity contribution is 7.80. The van der Waals surface area contributed by atoms with Gasteiger partial charge in [0.2, 0.25) is 0 Å². The Labute approximate surface area is 124 Å². The summed E-state index contributed by atoms with van der Waals surface area (Å²) in [5, 5.41) is 6.77. The number of hydrogen-bond acceptors (Lipinski definition) is 1. The molecule has 2 nitrogen and oxygen atoms in total. The van der Waals surface area contributed by atoms with E-state index in [1.165, 1.54) is 17.7 Å². The third kappa shape index (κ3) is 3.54. The maximum atomic E-state index is 13.1. The summed E-state index contributed by atoms with van der Waals surface area (Å²) in [5.41, 5.74) is 3.82. The molecule has 0 aliphatic carbocycles. The van der Waals surface area contributed by atoms with Gasteiger partial charge in [-0.3, -0.25) is 0 Å². The van der Waals surface area contributed by atoms with Crippen LogP contribution in [0.1, 0.15) is 18.1 Å². The topological polar surface area (TPSA) is 24.1 Å². The van der Waals surface area contributed by atoms with Gasteiger partial charge in [-0.05, 0) is 61.0 Å². The Hall–Kier alpha value is -1.94. The van der Waals surface area contributed by atoms with Crippen molar-refractivity contribution in [2.45, 2.75) is 20.3 Å². The van der Waals surface area contributed by atoms with Gasteiger partial charge >= 0.3 is 0 Å². The van der Waals surface area contributed by atoms with Crippen molar-refractivity contribution in [3.05, 3.63) is 59.4 Å². The van der Waals surface area contributed by atoms with Crippen LogP contribution >= 0.6 is 12.2 Å². The highest BCUT2D eigenvalue weighted by atomic mass is 32.1. The van der Waals surface area contributed by atoms with Crippen molar-refractivity contribution in [3.63, 3.8) is 0 Å². The summed E-state index contributed by atoms with van der Waals surface area (Å²) in [6, 6.07) is 12.6. The molecule has 0 aliphatic rings. The number of aryl methyl sites for hydroxylation is 2. The smallest absolute Gasteiger partial charge is 0.175 e. The summed E-state index contributed by atoms with van der Waals surface area (Å²) < 4.78 is 13.1. The third-order valence-electron chi connectivity index (χ3n) is 3.08. The average Bonchev–Trinajstić information content (AvgIpc) is 2.42. The second kappa shape index (κ2) is 6.48. The first-order valence-electron chi connectivity index (χ1n) is 6.52. The molecule has 0 aliphatic heterocycles. The van der Waals surface area contributed by atoms with E-state index in [9.17, 15) is 4.39 Å². The fourth-order valence-corrected chi connectivity index (χ4v) is 2.21. The van der Waals surface area contributed by atoms with Crippen molar-refractivity contribution in [1.82, 2.24) is 0 Å². The summed E-state index contributed by atoms with van der Waals surface area (Å²) in [4.78, 5) is 0. The minimum Gasteiger partial charge on any atom is -0.332 e. The summed E-state index contributed by atoms with van der Waals surface area (Å²) in [6.07, 6.45) is 0.932. The van der Waals surface area contributed by atoms with E-state index in [1.54, 1.807) is 6.07 Å². The van der Waals surface area contributed by atoms with E-state index in [4.69, 9.17) is 12.2 Å². The summed E-state index contributed by atoms with van der Waals surface area (Å²) in [7, 11) is 0. The Balaban J connectivity index is 2.09. The van der Waals surface area contributed by atoms with Crippen LogP contribution in [0, 0.1) is 12.7 Å². The highest BCUT2D eigenvalue weighted by Gasteiger charge is 2.05. The molecular formula is C16H17FN2S. The molecule has 0 unspecified atom stereocenters. The second-order valence-corrected chi connectivity index (χ2v) is 4.96. The van der Waals surface area contributed by atoms with Gasteiger partial charge in [-0.15, -0.1) is 0 Å². The maximum absolute atomic E-state index is 13.1. The van der Waals surface area contributed by atoms with Crippen molar-refractivity contribution >= 4 is 28.7 Å². The molecule has 4 heteroatoms. The maximum Gasteiger partial charge on any atom is 0.175 e. The van der Waals surface area contributed by atoms with E-state index >= 15 is 0 Å². The first kappa shape index (κ1) is 14.5. The monoisotopic (exact) mass is 288 g/mol. The molecule has 0 radical (unpaired) electrons. The Morgan fingerprint density at radius 3 is 2.50 bits per heavy atom. The van der Waals surface area contributed by atoms with Crippen LogP contribution in [0.5, 0.6) is 0 Å². The fourth-order valence-electron chi connectivity index (χ4n) is 1.99. The van der Waals surface area contributed by atoms with Crippen LogP contribution in [-0.4, -0.2) is 5.11 Å². The van der Waals surface area contributed by atoms with Gasteiger partial charge in [0.25, 0.3) is 0 Å². The number of benzene rings is 2. The molecule has 20 heavy (non-hydrogen) atoms. The molecule has 2 aromatic carbocycles. The lowest BCUT2D eigenvalue weighted by atomic mass is 10.1. The molecule has 0 aromatic heterocycles. The van der Waals surface area contributed by atoms with Crippen LogP contribution in [0.4, 0.5) is 15.8 Å². The van der Waals surface area contributed by atoms with Crippen LogP contribution in [0.2, 0.25) is 0 Å². The molecule has 2 aromatic rings. The zero-order valence-corrected chi connectivity index (χ0v) is 12.4. The van der Waals surface area contributed by atoms with E-state index in [0.717, 1.165) is 23.4 Å². The van der Waals surface area contributed by atoms with Crippen LogP contribution in [0.15, 0.2) is 42.5 Å². The molecule has 0 saturated heterocycles. The van der Waals surface area contributed by atoms with Crippen molar-refractivity contribution < 1.29 is 4.39 Å². The second-order valence-electron chi connectivity index (χ2n) is 4.55. The van der Waals surface area contributed by atoms with Gasteiger partial charge in [-0.25, -0.2) is 4.39 Å². The Bertz CT molecular complexity index is 626. The standard InChI is InChI=1S/C16H17FN2S/c1-3-12-6-4-5-7-15(12)19-16(20)18-14-9-8-13(17)10-11(14)2/h4-10H,3H2,1-2H3,(H2,18,19,20). The number of nitrogens with one attached hydrogen (secondary N) is 2. The molecule has 2 rings (SSSR count). The first-order chi connectivity index (χ1) is 9.60. The summed E-state index contributed by atoms with van der Waals surface area (Å²) in [6.45, 7) is 3.94. The molecule has 0 atom stereocenters. The predicted molar refractivity (Wildman–Crippen MR) is 86.8 cm³/mol. The average molecular weight is 288 g/mol. The lowest BCUT2D eigenvalue weighted by molar-refractivity contribution is 0.627. The van der Waals surface area contributed by atoms with Crippen molar-refractivity contribution in [2.24, 2.45) is 0 Å². The van der Waals surface area contributed by atoms with E-state index in [-0.39, 0.29) is 5.82 Å². The first-order valence-corrected chi connectivity index (χ1v) is 6.93. The molecular weight excluding hydrogens is 271 g/mol. The number of hydrogen-bond donors (Lipinski definition) is 2. The van der Waals surface area contributed by atoms with Crippen LogP contribution in [0.3, 0.4) is 0 Å². The molecule has 0 bridgehead atoms. The molecule has 0 heterocycles. The van der Waals surface area contributed by atoms with Gasteiger partial charge in [-0.2, -0.15) is 0 Å². The zero-order chi connectivity index (χ0) is 14.5. The minimum absolute atomic E-state index is 0.247. The van der Waals surface area contributed by atoms with Gasteiger partial charge in [0.1, 0.15) is 5.82 Å². The SMILES string of the molecule is CCc1ccccc1NC(=S)Nc1ccc(F)cc1C. The summed E-state index contributed by atoms with van der Waals surface area (Å²) in [5.74, 6) is -0.247.